The smallest absolute Gasteiger partial charge is 0.305 e. The monoisotopic (exact) mass is 419 g/mol. The number of carbonyl (C=O) groups is 1. The Morgan fingerprint density at radius 2 is 1.93 bits per heavy atom. The van der Waals surface area contributed by atoms with Gasteiger partial charge in [0.2, 0.25) is 0 Å². The normalized spacial score (nSPS) is 25.6. The quantitative estimate of drug-likeness (QED) is 0.654. The lowest BCUT2D eigenvalue weighted by atomic mass is 9.84. The average molecular weight is 419 g/mol. The highest BCUT2D eigenvalue weighted by molar-refractivity contribution is 7.92. The summed E-state index contributed by atoms with van der Waals surface area (Å²) < 4.78 is 39.4. The molecule has 4 atom stereocenters. The highest BCUT2D eigenvalue weighted by Gasteiger charge is 2.46. The van der Waals surface area contributed by atoms with Gasteiger partial charge in [0.05, 0.1) is 24.0 Å². The maximum atomic E-state index is 12.6. The third-order valence-corrected chi connectivity index (χ3v) is 6.60. The van der Waals surface area contributed by atoms with Crippen molar-refractivity contribution in [3.05, 3.63) is 54.1 Å². The predicted molar refractivity (Wildman–Crippen MR) is 103 cm³/mol. The molecule has 2 aliphatic heterocycles. The molecule has 2 heterocycles. The van der Waals surface area contributed by atoms with E-state index in [1.165, 1.54) is 12.1 Å². The fourth-order valence-corrected chi connectivity index (χ4v) is 5.03. The van der Waals surface area contributed by atoms with E-state index >= 15 is 0 Å². The molecule has 0 spiro atoms. The molecule has 4 rings (SSSR count). The Kier molecular flexibility index (Phi) is 5.20. The summed E-state index contributed by atoms with van der Waals surface area (Å²) in [4.78, 5) is 11.3. The van der Waals surface area contributed by atoms with Crippen molar-refractivity contribution < 1.29 is 32.9 Å². The zero-order valence-corrected chi connectivity index (χ0v) is 16.2. The van der Waals surface area contributed by atoms with E-state index in [-0.39, 0.29) is 23.8 Å². The predicted octanol–water partition coefficient (Wildman–Crippen LogP) is 1.96. The van der Waals surface area contributed by atoms with Crippen molar-refractivity contribution in [3.63, 3.8) is 0 Å². The maximum Gasteiger partial charge on any atom is 0.305 e. The minimum absolute atomic E-state index is 0.155. The average Bonchev–Trinajstić information content (AvgIpc) is 3.05. The minimum atomic E-state index is -3.74. The molecular formula is C20H21NO7S. The summed E-state index contributed by atoms with van der Waals surface area (Å²) in [6.07, 6.45) is -1.40. The minimum Gasteiger partial charge on any atom is -0.487 e. The number of rotatable bonds is 6. The summed E-state index contributed by atoms with van der Waals surface area (Å²) in [5.41, 5.74) is 1.17. The Balaban J connectivity index is 1.60. The number of fused-ring (bicyclic) bond motifs is 3. The topological polar surface area (TPSA) is 122 Å². The molecular weight excluding hydrogens is 398 g/mol. The van der Waals surface area contributed by atoms with Crippen molar-refractivity contribution in [2.75, 3.05) is 11.3 Å². The zero-order chi connectivity index (χ0) is 20.6. The van der Waals surface area contributed by atoms with Gasteiger partial charge in [0, 0.05) is 17.2 Å². The van der Waals surface area contributed by atoms with Gasteiger partial charge in [-0.2, -0.15) is 0 Å². The fraction of sp³-hybridized carbons (Fsp3) is 0.350. The zero-order valence-electron chi connectivity index (χ0n) is 15.4. The van der Waals surface area contributed by atoms with Crippen LogP contribution in [-0.2, 0) is 19.6 Å². The van der Waals surface area contributed by atoms with E-state index in [2.05, 4.69) is 4.72 Å². The Morgan fingerprint density at radius 1 is 1.17 bits per heavy atom. The van der Waals surface area contributed by atoms with E-state index in [1.54, 1.807) is 36.4 Å². The number of aliphatic hydroxyl groups is 1. The summed E-state index contributed by atoms with van der Waals surface area (Å²) in [5.74, 6) is -0.587. The number of aliphatic carboxylic acids is 1. The molecule has 9 heteroatoms. The lowest BCUT2D eigenvalue weighted by molar-refractivity contribution is -0.153. The number of benzene rings is 2. The van der Waals surface area contributed by atoms with Crippen molar-refractivity contribution in [2.45, 2.75) is 42.0 Å². The van der Waals surface area contributed by atoms with Crippen LogP contribution in [0.4, 0.5) is 5.69 Å². The van der Waals surface area contributed by atoms with Crippen molar-refractivity contribution in [3.8, 4) is 5.75 Å². The van der Waals surface area contributed by atoms with Crippen LogP contribution < -0.4 is 9.46 Å². The number of hydrogen-bond acceptors (Lipinski definition) is 6. The standard InChI is InChI=1S/C20H21NO7S/c22-11-18-20-16(9-13(27-18)10-19(23)24)15-8-12(6-7-17(15)28-20)21-29(25,26)14-4-2-1-3-5-14/h1-8,13,16,18,20-22H,9-11H2,(H,23,24)/t13-,16-,18-,20+/m0/s1. The van der Waals surface area contributed by atoms with Crippen LogP contribution in [0, 0.1) is 0 Å². The van der Waals surface area contributed by atoms with Crippen LogP contribution >= 0.6 is 0 Å². The van der Waals surface area contributed by atoms with Gasteiger partial charge in [-0.25, -0.2) is 8.42 Å². The lowest BCUT2D eigenvalue weighted by Crippen LogP contribution is -2.46. The Bertz CT molecular complexity index is 1010. The number of carboxylic acid groups (broad SMARTS) is 1. The first-order valence-corrected chi connectivity index (χ1v) is 10.7. The van der Waals surface area contributed by atoms with Gasteiger partial charge in [0.15, 0.2) is 0 Å². The highest BCUT2D eigenvalue weighted by atomic mass is 32.2. The molecule has 1 fully saturated rings. The molecule has 154 valence electrons. The first kappa shape index (κ1) is 19.7. The molecule has 2 aromatic rings. The maximum absolute atomic E-state index is 12.6. The van der Waals surface area contributed by atoms with Crippen LogP contribution in [0.1, 0.15) is 24.3 Å². The fourth-order valence-electron chi connectivity index (χ4n) is 3.96. The van der Waals surface area contributed by atoms with Crippen molar-refractivity contribution in [1.29, 1.82) is 0 Å². The van der Waals surface area contributed by atoms with Crippen LogP contribution in [0.2, 0.25) is 0 Å². The van der Waals surface area contributed by atoms with E-state index in [0.29, 0.717) is 17.9 Å². The third-order valence-electron chi connectivity index (χ3n) is 5.21. The number of nitrogens with one attached hydrogen (secondary N) is 1. The molecule has 1 saturated heterocycles. The molecule has 0 bridgehead atoms. The molecule has 2 aliphatic rings. The molecule has 0 saturated carbocycles. The van der Waals surface area contributed by atoms with Gasteiger partial charge >= 0.3 is 5.97 Å². The van der Waals surface area contributed by atoms with Gasteiger partial charge in [0.25, 0.3) is 10.0 Å². The summed E-state index contributed by atoms with van der Waals surface area (Å²) >= 11 is 0. The highest BCUT2D eigenvalue weighted by Crippen LogP contribution is 2.47. The second kappa shape index (κ2) is 7.66. The van der Waals surface area contributed by atoms with Gasteiger partial charge in [-0.3, -0.25) is 9.52 Å². The van der Waals surface area contributed by atoms with E-state index in [9.17, 15) is 18.3 Å². The second-order valence-corrected chi connectivity index (χ2v) is 8.86. The van der Waals surface area contributed by atoms with Gasteiger partial charge in [-0.1, -0.05) is 18.2 Å². The Labute approximate surface area is 168 Å². The van der Waals surface area contributed by atoms with E-state index in [4.69, 9.17) is 14.6 Å². The molecule has 3 N–H and O–H groups in total. The number of aliphatic hydroxyl groups excluding tert-OH is 1. The Morgan fingerprint density at radius 3 is 2.62 bits per heavy atom. The molecule has 0 aromatic heterocycles. The number of hydrogen-bond donors (Lipinski definition) is 3. The van der Waals surface area contributed by atoms with Crippen molar-refractivity contribution in [2.24, 2.45) is 0 Å². The first-order valence-electron chi connectivity index (χ1n) is 9.24. The van der Waals surface area contributed by atoms with Gasteiger partial charge < -0.3 is 19.7 Å². The second-order valence-electron chi connectivity index (χ2n) is 7.17. The van der Waals surface area contributed by atoms with Crippen LogP contribution in [0.25, 0.3) is 0 Å². The van der Waals surface area contributed by atoms with Crippen LogP contribution in [0.5, 0.6) is 5.75 Å². The molecule has 29 heavy (non-hydrogen) atoms. The summed E-state index contributed by atoms with van der Waals surface area (Å²) in [5, 5.41) is 18.7. The molecule has 0 aliphatic carbocycles. The van der Waals surface area contributed by atoms with E-state index in [1.807, 2.05) is 0 Å². The third kappa shape index (κ3) is 3.93. The number of sulfonamides is 1. The molecule has 0 amide bonds. The van der Waals surface area contributed by atoms with Gasteiger partial charge in [-0.15, -0.1) is 0 Å². The molecule has 8 nitrogen and oxygen atoms in total. The number of ether oxygens (including phenoxy) is 2. The van der Waals surface area contributed by atoms with Crippen molar-refractivity contribution in [1.82, 2.24) is 0 Å². The van der Waals surface area contributed by atoms with Crippen LogP contribution in [0.15, 0.2) is 53.4 Å². The van der Waals surface area contributed by atoms with Gasteiger partial charge in [0.1, 0.15) is 18.0 Å². The van der Waals surface area contributed by atoms with Gasteiger partial charge in [-0.05, 0) is 36.8 Å². The SMILES string of the molecule is O=C(O)C[C@@H]1C[C@H]2c3cc(NS(=O)(=O)c4ccccc4)ccc3O[C@H]2[C@H](CO)O1. The van der Waals surface area contributed by atoms with Crippen molar-refractivity contribution >= 4 is 21.7 Å². The first-order chi connectivity index (χ1) is 13.9. The summed E-state index contributed by atoms with van der Waals surface area (Å²) in [6, 6.07) is 13.0. The van der Waals surface area contributed by atoms with Crippen LogP contribution in [-0.4, -0.2) is 49.5 Å². The molecule has 0 unspecified atom stereocenters. The summed E-state index contributed by atoms with van der Waals surface area (Å²) in [7, 11) is -3.74. The molecule has 2 aromatic carbocycles. The number of carboxylic acids is 1. The number of anilines is 1. The largest absolute Gasteiger partial charge is 0.487 e. The summed E-state index contributed by atoms with van der Waals surface area (Å²) in [6.45, 7) is -0.293. The molecule has 0 radical (unpaired) electrons. The lowest BCUT2D eigenvalue weighted by Gasteiger charge is -2.36. The van der Waals surface area contributed by atoms with E-state index < -0.39 is 34.3 Å². The van der Waals surface area contributed by atoms with E-state index in [0.717, 1.165) is 5.56 Å². The van der Waals surface area contributed by atoms with Crippen LogP contribution in [0.3, 0.4) is 0 Å². The Hall–Kier alpha value is -2.62.